The molecule has 3 aromatic rings. The molecule has 2 aromatic carbocycles. The van der Waals surface area contributed by atoms with Crippen molar-refractivity contribution in [2.45, 2.75) is 0 Å². The maximum Gasteiger partial charge on any atom is 0.291 e. The van der Waals surface area contributed by atoms with Crippen molar-refractivity contribution in [3.8, 4) is 11.3 Å². The normalized spacial score (nSPS) is 14.7. The number of rotatable bonds is 4. The molecule has 0 unspecified atom stereocenters. The molecule has 5 nitrogen and oxygen atoms in total. The molecule has 1 aliphatic rings. The zero-order valence-electron chi connectivity index (χ0n) is 16.3. The van der Waals surface area contributed by atoms with E-state index < -0.39 is 0 Å². The van der Waals surface area contributed by atoms with Crippen molar-refractivity contribution in [2.24, 2.45) is 0 Å². The summed E-state index contributed by atoms with van der Waals surface area (Å²) in [4.78, 5) is 17.3. The van der Waals surface area contributed by atoms with E-state index in [-0.39, 0.29) is 11.7 Å². The number of piperazine rings is 1. The first-order valence-corrected chi connectivity index (χ1v) is 10.6. The van der Waals surface area contributed by atoms with Crippen molar-refractivity contribution in [1.82, 2.24) is 4.90 Å². The summed E-state index contributed by atoms with van der Waals surface area (Å²) in [6, 6.07) is 14.0. The number of nitrogens with one attached hydrogen (secondary N) is 1. The summed E-state index contributed by atoms with van der Waals surface area (Å²) in [5, 5.41) is 4.43. The Morgan fingerprint density at radius 2 is 1.70 bits per heavy atom. The summed E-state index contributed by atoms with van der Waals surface area (Å²) in [7, 11) is 2.09. The maximum absolute atomic E-state index is 12.9. The minimum Gasteiger partial charge on any atom is -0.451 e. The van der Waals surface area contributed by atoms with Crippen LogP contribution < -0.4 is 10.2 Å². The monoisotopic (exact) mass is 463 g/mol. The zero-order valence-corrected chi connectivity index (χ0v) is 18.6. The Morgan fingerprint density at radius 1 is 0.933 bits per heavy atom. The first-order chi connectivity index (χ1) is 14.4. The van der Waals surface area contributed by atoms with Gasteiger partial charge in [0.2, 0.25) is 0 Å². The fraction of sp³-hybridized carbons (Fsp3) is 0.227. The predicted molar refractivity (Wildman–Crippen MR) is 123 cm³/mol. The van der Waals surface area contributed by atoms with Crippen LogP contribution in [0.5, 0.6) is 0 Å². The minimum atomic E-state index is -0.348. The van der Waals surface area contributed by atoms with Gasteiger partial charge in [-0.05, 0) is 49.5 Å². The Labute approximate surface area is 190 Å². The molecule has 0 saturated carbocycles. The van der Waals surface area contributed by atoms with Crippen molar-refractivity contribution in [3.63, 3.8) is 0 Å². The number of furan rings is 1. The Kier molecular flexibility index (Phi) is 6.25. The van der Waals surface area contributed by atoms with Crippen LogP contribution in [0.25, 0.3) is 11.3 Å². The number of anilines is 2. The van der Waals surface area contributed by atoms with Crippen LogP contribution in [0.4, 0.5) is 11.4 Å². The third-order valence-corrected chi connectivity index (χ3v) is 6.13. The van der Waals surface area contributed by atoms with Gasteiger partial charge in [-0.25, -0.2) is 0 Å². The van der Waals surface area contributed by atoms with Gasteiger partial charge in [-0.15, -0.1) is 0 Å². The molecule has 4 rings (SSSR count). The number of para-hydroxylation sites is 1. The number of carbonyl (C=O) groups excluding carboxylic acids is 1. The Balaban J connectivity index is 1.55. The number of likely N-dealkylation sites (N-methyl/N-ethyl adjacent to an activating group) is 1. The van der Waals surface area contributed by atoms with Gasteiger partial charge >= 0.3 is 0 Å². The molecule has 1 aliphatic heterocycles. The van der Waals surface area contributed by atoms with Crippen LogP contribution in [0, 0.1) is 0 Å². The summed E-state index contributed by atoms with van der Waals surface area (Å²) in [5.74, 6) is 0.378. The van der Waals surface area contributed by atoms with E-state index in [2.05, 4.69) is 22.2 Å². The van der Waals surface area contributed by atoms with Gasteiger partial charge in [0.15, 0.2) is 5.76 Å². The highest BCUT2D eigenvalue weighted by Gasteiger charge is 2.22. The van der Waals surface area contributed by atoms with Crippen LogP contribution in [-0.2, 0) is 0 Å². The van der Waals surface area contributed by atoms with Crippen LogP contribution in [0.15, 0.2) is 52.9 Å². The lowest BCUT2D eigenvalue weighted by molar-refractivity contribution is 0.0997. The van der Waals surface area contributed by atoms with Gasteiger partial charge in [0.25, 0.3) is 5.91 Å². The molecule has 0 bridgehead atoms. The van der Waals surface area contributed by atoms with E-state index in [9.17, 15) is 4.79 Å². The first kappa shape index (κ1) is 21.1. The van der Waals surface area contributed by atoms with Crippen LogP contribution in [0.3, 0.4) is 0 Å². The van der Waals surface area contributed by atoms with Gasteiger partial charge in [-0.2, -0.15) is 0 Å². The van der Waals surface area contributed by atoms with Gasteiger partial charge < -0.3 is 19.5 Å². The van der Waals surface area contributed by atoms with Gasteiger partial charge in [0.1, 0.15) is 5.76 Å². The van der Waals surface area contributed by atoms with Crippen LogP contribution >= 0.6 is 34.8 Å². The molecule has 156 valence electrons. The van der Waals surface area contributed by atoms with Crippen LogP contribution in [-0.4, -0.2) is 44.0 Å². The Bertz CT molecular complexity index is 1080. The molecular formula is C22H20Cl3N3O2. The van der Waals surface area contributed by atoms with Crippen LogP contribution in [0.2, 0.25) is 15.1 Å². The van der Waals surface area contributed by atoms with Gasteiger partial charge in [0, 0.05) is 31.7 Å². The molecule has 0 radical (unpaired) electrons. The highest BCUT2D eigenvalue weighted by Crippen LogP contribution is 2.35. The first-order valence-electron chi connectivity index (χ1n) is 9.51. The number of hydrogen-bond donors (Lipinski definition) is 1. The average Bonchev–Trinajstić information content (AvgIpc) is 3.22. The highest BCUT2D eigenvalue weighted by molar-refractivity contribution is 6.42. The van der Waals surface area contributed by atoms with Crippen molar-refractivity contribution >= 4 is 52.1 Å². The number of halogens is 3. The van der Waals surface area contributed by atoms with E-state index in [1.807, 2.05) is 18.2 Å². The predicted octanol–water partition coefficient (Wildman–Crippen LogP) is 5.91. The minimum absolute atomic E-state index is 0.195. The molecule has 1 amide bonds. The second-order valence-corrected chi connectivity index (χ2v) is 8.39. The van der Waals surface area contributed by atoms with E-state index in [4.69, 9.17) is 39.2 Å². The molecule has 1 saturated heterocycles. The van der Waals surface area contributed by atoms with Crippen molar-refractivity contribution in [3.05, 3.63) is 69.4 Å². The molecule has 8 heteroatoms. The fourth-order valence-corrected chi connectivity index (χ4v) is 4.01. The number of carbonyl (C=O) groups is 1. The molecule has 0 spiro atoms. The number of nitrogens with zero attached hydrogens (tertiary/aromatic N) is 2. The molecule has 1 N–H and O–H groups in total. The summed E-state index contributed by atoms with van der Waals surface area (Å²) in [6.45, 7) is 3.55. The number of amides is 1. The van der Waals surface area contributed by atoms with Gasteiger partial charge in [0.05, 0.1) is 26.4 Å². The second kappa shape index (κ2) is 8.90. The van der Waals surface area contributed by atoms with E-state index in [1.54, 1.807) is 30.3 Å². The number of hydrogen-bond acceptors (Lipinski definition) is 4. The van der Waals surface area contributed by atoms with E-state index >= 15 is 0 Å². The molecule has 2 heterocycles. The lowest BCUT2D eigenvalue weighted by Crippen LogP contribution is -2.44. The largest absolute Gasteiger partial charge is 0.451 e. The molecule has 0 aliphatic carbocycles. The van der Waals surface area contributed by atoms with Crippen molar-refractivity contribution in [1.29, 1.82) is 0 Å². The zero-order chi connectivity index (χ0) is 21.3. The van der Waals surface area contributed by atoms with E-state index in [0.29, 0.717) is 26.5 Å². The summed E-state index contributed by atoms with van der Waals surface area (Å²) in [5.41, 5.74) is 2.23. The lowest BCUT2D eigenvalue weighted by atomic mass is 10.2. The third-order valence-electron chi connectivity index (χ3n) is 5.09. The Morgan fingerprint density at radius 3 is 2.43 bits per heavy atom. The molecule has 30 heavy (non-hydrogen) atoms. The summed E-state index contributed by atoms with van der Waals surface area (Å²) >= 11 is 18.5. The SMILES string of the molecule is CN1CCN(c2c(Cl)cccc2NC(=O)c2ccc(-c3ccc(Cl)c(Cl)c3)o2)CC1. The summed E-state index contributed by atoms with van der Waals surface area (Å²) < 4.78 is 5.76. The maximum atomic E-state index is 12.9. The van der Waals surface area contributed by atoms with Crippen molar-refractivity contribution < 1.29 is 9.21 Å². The third kappa shape index (κ3) is 4.44. The molecule has 1 fully saturated rings. The van der Waals surface area contributed by atoms with Gasteiger partial charge in [-0.3, -0.25) is 4.79 Å². The summed E-state index contributed by atoms with van der Waals surface area (Å²) in [6.07, 6.45) is 0. The standard InChI is InChI=1S/C22H20Cl3N3O2/c1-27-9-11-28(12-10-27)21-16(24)3-2-4-18(21)26-22(29)20-8-7-19(30-20)14-5-6-15(23)17(25)13-14/h2-8,13H,9-12H2,1H3,(H,26,29). The Hall–Kier alpha value is -2.18. The van der Waals surface area contributed by atoms with Crippen LogP contribution in [0.1, 0.15) is 10.6 Å². The van der Waals surface area contributed by atoms with E-state index in [0.717, 1.165) is 37.4 Å². The smallest absolute Gasteiger partial charge is 0.291 e. The van der Waals surface area contributed by atoms with E-state index in [1.165, 1.54) is 0 Å². The molecular weight excluding hydrogens is 445 g/mol. The molecule has 0 atom stereocenters. The molecule has 1 aromatic heterocycles. The second-order valence-electron chi connectivity index (χ2n) is 7.17. The fourth-order valence-electron chi connectivity index (χ4n) is 3.42. The van der Waals surface area contributed by atoms with Crippen molar-refractivity contribution in [2.75, 3.05) is 43.4 Å². The number of benzene rings is 2. The highest BCUT2D eigenvalue weighted by atomic mass is 35.5. The topological polar surface area (TPSA) is 48.7 Å². The van der Waals surface area contributed by atoms with Gasteiger partial charge in [-0.1, -0.05) is 40.9 Å². The average molecular weight is 465 g/mol. The lowest BCUT2D eigenvalue weighted by Gasteiger charge is -2.35. The quantitative estimate of drug-likeness (QED) is 0.521.